The SMILES string of the molecule is COCCCNc1ccc(-c2ccc(OC)c(OC)c2)nn1. The molecule has 22 heavy (non-hydrogen) atoms. The summed E-state index contributed by atoms with van der Waals surface area (Å²) in [5.41, 5.74) is 1.71. The van der Waals surface area contributed by atoms with E-state index in [1.54, 1.807) is 21.3 Å². The normalized spacial score (nSPS) is 10.3. The fraction of sp³-hybridized carbons (Fsp3) is 0.375. The van der Waals surface area contributed by atoms with Crippen molar-refractivity contribution in [2.24, 2.45) is 0 Å². The third-order valence-corrected chi connectivity index (χ3v) is 3.18. The smallest absolute Gasteiger partial charge is 0.161 e. The third kappa shape index (κ3) is 4.08. The molecule has 0 bridgehead atoms. The molecule has 2 aromatic rings. The fourth-order valence-electron chi connectivity index (χ4n) is 2.01. The van der Waals surface area contributed by atoms with Gasteiger partial charge in [-0.2, -0.15) is 0 Å². The van der Waals surface area contributed by atoms with Crippen molar-refractivity contribution in [2.75, 3.05) is 39.8 Å². The Balaban J connectivity index is 2.06. The minimum atomic E-state index is 0.670. The summed E-state index contributed by atoms with van der Waals surface area (Å²) in [5.74, 6) is 2.11. The van der Waals surface area contributed by atoms with Crippen LogP contribution in [-0.2, 0) is 4.74 Å². The standard InChI is InChI=1S/C16H21N3O3/c1-20-10-4-9-17-16-8-6-13(18-19-16)12-5-7-14(21-2)15(11-12)22-3/h5-8,11H,4,9-10H2,1-3H3,(H,17,19). The average Bonchev–Trinajstić information content (AvgIpc) is 2.58. The fourth-order valence-corrected chi connectivity index (χ4v) is 2.01. The minimum Gasteiger partial charge on any atom is -0.493 e. The predicted molar refractivity (Wildman–Crippen MR) is 85.6 cm³/mol. The zero-order valence-corrected chi connectivity index (χ0v) is 13.1. The Hall–Kier alpha value is -2.34. The van der Waals surface area contributed by atoms with Crippen LogP contribution in [0.1, 0.15) is 6.42 Å². The average molecular weight is 303 g/mol. The summed E-state index contributed by atoms with van der Waals surface area (Å²) in [6.07, 6.45) is 0.926. The highest BCUT2D eigenvalue weighted by Gasteiger charge is 2.07. The molecule has 0 fully saturated rings. The maximum Gasteiger partial charge on any atom is 0.161 e. The van der Waals surface area contributed by atoms with Crippen LogP contribution in [0.25, 0.3) is 11.3 Å². The molecule has 118 valence electrons. The molecule has 1 heterocycles. The van der Waals surface area contributed by atoms with Gasteiger partial charge < -0.3 is 19.5 Å². The van der Waals surface area contributed by atoms with E-state index in [9.17, 15) is 0 Å². The predicted octanol–water partition coefficient (Wildman–Crippen LogP) is 2.61. The van der Waals surface area contributed by atoms with E-state index >= 15 is 0 Å². The highest BCUT2D eigenvalue weighted by molar-refractivity contribution is 5.64. The molecule has 0 aliphatic heterocycles. The number of rotatable bonds is 8. The number of nitrogens with one attached hydrogen (secondary N) is 1. The highest BCUT2D eigenvalue weighted by atomic mass is 16.5. The Morgan fingerprint density at radius 1 is 0.955 bits per heavy atom. The van der Waals surface area contributed by atoms with Gasteiger partial charge >= 0.3 is 0 Å². The number of nitrogens with zero attached hydrogens (tertiary/aromatic N) is 2. The molecule has 0 spiro atoms. The number of methoxy groups -OCH3 is 3. The summed E-state index contributed by atoms with van der Waals surface area (Å²) in [4.78, 5) is 0. The first-order valence-electron chi connectivity index (χ1n) is 7.07. The number of hydrogen-bond acceptors (Lipinski definition) is 6. The molecule has 0 amide bonds. The van der Waals surface area contributed by atoms with Gasteiger partial charge in [0.15, 0.2) is 11.5 Å². The van der Waals surface area contributed by atoms with E-state index in [-0.39, 0.29) is 0 Å². The molecule has 6 nitrogen and oxygen atoms in total. The lowest BCUT2D eigenvalue weighted by atomic mass is 10.1. The molecule has 0 unspecified atom stereocenters. The number of anilines is 1. The lowest BCUT2D eigenvalue weighted by Gasteiger charge is -2.09. The first kappa shape index (κ1) is 16.0. The van der Waals surface area contributed by atoms with E-state index < -0.39 is 0 Å². The van der Waals surface area contributed by atoms with Gasteiger partial charge in [-0.3, -0.25) is 0 Å². The third-order valence-electron chi connectivity index (χ3n) is 3.18. The molecule has 1 N–H and O–H groups in total. The van der Waals surface area contributed by atoms with Gasteiger partial charge in [0, 0.05) is 25.8 Å². The number of hydrogen-bond donors (Lipinski definition) is 1. The largest absolute Gasteiger partial charge is 0.493 e. The van der Waals surface area contributed by atoms with Crippen LogP contribution in [0.2, 0.25) is 0 Å². The van der Waals surface area contributed by atoms with Gasteiger partial charge in [0.25, 0.3) is 0 Å². The van der Waals surface area contributed by atoms with Crippen LogP contribution in [0.5, 0.6) is 11.5 Å². The van der Waals surface area contributed by atoms with Gasteiger partial charge in [0.1, 0.15) is 5.82 Å². The lowest BCUT2D eigenvalue weighted by Crippen LogP contribution is -2.06. The van der Waals surface area contributed by atoms with Gasteiger partial charge in [0.05, 0.1) is 19.9 Å². The molecule has 0 radical (unpaired) electrons. The Morgan fingerprint density at radius 2 is 1.77 bits per heavy atom. The van der Waals surface area contributed by atoms with Crippen molar-refractivity contribution in [1.82, 2.24) is 10.2 Å². The van der Waals surface area contributed by atoms with E-state index in [0.717, 1.165) is 36.6 Å². The van der Waals surface area contributed by atoms with E-state index in [1.165, 1.54) is 0 Å². The maximum atomic E-state index is 5.30. The monoisotopic (exact) mass is 303 g/mol. The van der Waals surface area contributed by atoms with Crippen LogP contribution >= 0.6 is 0 Å². The van der Waals surface area contributed by atoms with Gasteiger partial charge in [0.2, 0.25) is 0 Å². The first-order valence-corrected chi connectivity index (χ1v) is 7.07. The molecular weight excluding hydrogens is 282 g/mol. The van der Waals surface area contributed by atoms with Gasteiger partial charge in [-0.05, 0) is 36.8 Å². The van der Waals surface area contributed by atoms with E-state index in [4.69, 9.17) is 14.2 Å². The number of benzene rings is 1. The van der Waals surface area contributed by atoms with Gasteiger partial charge in [-0.15, -0.1) is 10.2 Å². The number of aromatic nitrogens is 2. The van der Waals surface area contributed by atoms with Crippen molar-refractivity contribution < 1.29 is 14.2 Å². The molecule has 0 saturated heterocycles. The second kappa shape index (κ2) is 8.19. The summed E-state index contributed by atoms with van der Waals surface area (Å²) < 4.78 is 15.5. The summed E-state index contributed by atoms with van der Waals surface area (Å²) in [5, 5.41) is 11.6. The van der Waals surface area contributed by atoms with E-state index in [1.807, 2.05) is 30.3 Å². The molecule has 0 aliphatic rings. The Bertz CT molecular complexity index is 588. The van der Waals surface area contributed by atoms with Gasteiger partial charge in [-0.25, -0.2) is 0 Å². The molecule has 1 aromatic carbocycles. The molecule has 0 aliphatic carbocycles. The highest BCUT2D eigenvalue weighted by Crippen LogP contribution is 2.31. The topological polar surface area (TPSA) is 65.5 Å². The van der Waals surface area contributed by atoms with Crippen LogP contribution in [0, 0.1) is 0 Å². The van der Waals surface area contributed by atoms with Crippen LogP contribution in [0.15, 0.2) is 30.3 Å². The Kier molecular flexibility index (Phi) is 5.97. The molecule has 1 aromatic heterocycles. The van der Waals surface area contributed by atoms with Crippen LogP contribution in [-0.4, -0.2) is 44.7 Å². The zero-order valence-electron chi connectivity index (χ0n) is 13.1. The van der Waals surface area contributed by atoms with E-state index in [2.05, 4.69) is 15.5 Å². The van der Waals surface area contributed by atoms with Gasteiger partial charge in [-0.1, -0.05) is 0 Å². The minimum absolute atomic E-state index is 0.670. The van der Waals surface area contributed by atoms with Crippen molar-refractivity contribution >= 4 is 5.82 Å². The molecule has 2 rings (SSSR count). The van der Waals surface area contributed by atoms with Crippen molar-refractivity contribution in [3.8, 4) is 22.8 Å². The number of ether oxygens (including phenoxy) is 3. The summed E-state index contributed by atoms with van der Waals surface area (Å²) in [6.45, 7) is 1.53. The van der Waals surface area contributed by atoms with Crippen LogP contribution in [0.3, 0.4) is 0 Å². The Labute approximate surface area is 130 Å². The molecule has 0 saturated carbocycles. The van der Waals surface area contributed by atoms with Crippen LogP contribution in [0.4, 0.5) is 5.82 Å². The Morgan fingerprint density at radius 3 is 2.41 bits per heavy atom. The van der Waals surface area contributed by atoms with Crippen molar-refractivity contribution in [1.29, 1.82) is 0 Å². The second-order valence-corrected chi connectivity index (χ2v) is 4.65. The summed E-state index contributed by atoms with van der Waals surface area (Å²) in [7, 11) is 4.92. The quantitative estimate of drug-likeness (QED) is 0.756. The molecule has 0 atom stereocenters. The summed E-state index contributed by atoms with van der Waals surface area (Å²) in [6, 6.07) is 9.50. The molecular formula is C16H21N3O3. The lowest BCUT2D eigenvalue weighted by molar-refractivity contribution is 0.197. The van der Waals surface area contributed by atoms with Crippen LogP contribution < -0.4 is 14.8 Å². The maximum absolute atomic E-state index is 5.30. The van der Waals surface area contributed by atoms with Crippen molar-refractivity contribution in [3.05, 3.63) is 30.3 Å². The van der Waals surface area contributed by atoms with Crippen molar-refractivity contribution in [2.45, 2.75) is 6.42 Å². The second-order valence-electron chi connectivity index (χ2n) is 4.65. The first-order chi connectivity index (χ1) is 10.8. The van der Waals surface area contributed by atoms with Crippen molar-refractivity contribution in [3.63, 3.8) is 0 Å². The zero-order chi connectivity index (χ0) is 15.8. The molecule has 6 heteroatoms. The van der Waals surface area contributed by atoms with E-state index in [0.29, 0.717) is 11.5 Å². The summed E-state index contributed by atoms with van der Waals surface area (Å²) >= 11 is 0.